The van der Waals surface area contributed by atoms with Gasteiger partial charge in [0.05, 0.1) is 33.9 Å². The number of alkyl halides is 5. The number of likely N-dealkylation sites (tertiary alicyclic amines) is 1. The van der Waals surface area contributed by atoms with E-state index in [4.69, 9.17) is 0 Å². The van der Waals surface area contributed by atoms with Crippen molar-refractivity contribution >= 4 is 48.7 Å². The second kappa shape index (κ2) is 13.6. The Morgan fingerprint density at radius 2 is 1.85 bits per heavy atom. The minimum Gasteiger partial charge on any atom is -0.433 e. The van der Waals surface area contributed by atoms with Gasteiger partial charge in [0.15, 0.2) is 5.75 Å². The first kappa shape index (κ1) is 33.7. The quantitative estimate of drug-likeness (QED) is 0.176. The number of halogens is 6. The molecule has 1 saturated carbocycles. The van der Waals surface area contributed by atoms with Crippen LogP contribution in [-0.2, 0) is 21.2 Å². The lowest BCUT2D eigenvalue weighted by atomic mass is 10.0. The zero-order chi connectivity index (χ0) is 33.2. The summed E-state index contributed by atoms with van der Waals surface area (Å²) in [5.74, 6) is 2.22. The van der Waals surface area contributed by atoms with Crippen LogP contribution in [0.1, 0.15) is 43.0 Å². The van der Waals surface area contributed by atoms with Gasteiger partial charge in [-0.15, -0.1) is 11.3 Å². The zero-order valence-corrected chi connectivity index (χ0v) is 26.1. The van der Waals surface area contributed by atoms with Crippen LogP contribution in [-0.4, -0.2) is 63.7 Å². The first-order chi connectivity index (χ1) is 21.7. The monoisotopic (exact) mass is 688 g/mol. The second-order valence-corrected chi connectivity index (χ2v) is 13.7. The number of fused-ring (bicyclic) bond motifs is 1. The largest absolute Gasteiger partial charge is 0.433 e. The van der Waals surface area contributed by atoms with Crippen molar-refractivity contribution in [2.45, 2.75) is 68.8 Å². The SMILES string of the molecule is CC(=O)NS(=O)(=O)c1cc(OC(F)F)c(NCC#Cc2sc3c(NC4CCN(C5CC5)CC4)cccc3c2CC(F)(F)F)cc1F. The smallest absolute Gasteiger partial charge is 0.393 e. The van der Waals surface area contributed by atoms with Gasteiger partial charge in [0.2, 0.25) is 5.91 Å². The molecule has 5 rings (SSSR count). The number of sulfonamides is 1. The molecule has 0 unspecified atom stereocenters. The number of piperidine rings is 1. The maximum Gasteiger partial charge on any atom is 0.393 e. The van der Waals surface area contributed by atoms with E-state index in [1.807, 2.05) is 6.07 Å². The number of hydrogen-bond acceptors (Lipinski definition) is 8. The molecule has 1 saturated heterocycles. The Hall–Kier alpha value is -3.68. The zero-order valence-electron chi connectivity index (χ0n) is 24.4. The third-order valence-corrected chi connectivity index (χ3v) is 10.2. The lowest BCUT2D eigenvalue weighted by Gasteiger charge is -2.33. The summed E-state index contributed by atoms with van der Waals surface area (Å²) in [5.41, 5.74) is 0.341. The van der Waals surface area contributed by atoms with Gasteiger partial charge in [-0.2, -0.15) is 22.0 Å². The van der Waals surface area contributed by atoms with Gasteiger partial charge in [-0.1, -0.05) is 24.0 Å². The maximum atomic E-state index is 14.7. The molecular weight excluding hydrogens is 658 g/mol. The van der Waals surface area contributed by atoms with E-state index in [0.29, 0.717) is 28.3 Å². The molecule has 1 aliphatic carbocycles. The van der Waals surface area contributed by atoms with Gasteiger partial charge in [-0.3, -0.25) is 4.79 Å². The van der Waals surface area contributed by atoms with Crippen molar-refractivity contribution in [2.75, 3.05) is 30.3 Å². The van der Waals surface area contributed by atoms with E-state index >= 15 is 0 Å². The van der Waals surface area contributed by atoms with Gasteiger partial charge in [0, 0.05) is 44.2 Å². The van der Waals surface area contributed by atoms with Crippen LogP contribution in [0.5, 0.6) is 5.75 Å². The summed E-state index contributed by atoms with van der Waals surface area (Å²) in [6.45, 7) is -0.957. The highest BCUT2D eigenvalue weighted by atomic mass is 32.2. The number of benzene rings is 2. The number of amides is 1. The molecular formula is C30H30F6N4O4S2. The Morgan fingerprint density at radius 1 is 1.13 bits per heavy atom. The first-order valence-electron chi connectivity index (χ1n) is 14.4. The van der Waals surface area contributed by atoms with Crippen molar-refractivity contribution in [1.29, 1.82) is 0 Å². The number of nitrogens with zero attached hydrogens (tertiary/aromatic N) is 1. The minimum absolute atomic E-state index is 0.00695. The molecule has 0 atom stereocenters. The molecule has 16 heteroatoms. The Morgan fingerprint density at radius 3 is 2.48 bits per heavy atom. The average molecular weight is 689 g/mol. The van der Waals surface area contributed by atoms with Crippen LogP contribution in [0.2, 0.25) is 0 Å². The Bertz CT molecular complexity index is 1770. The van der Waals surface area contributed by atoms with Crippen molar-refractivity contribution in [2.24, 2.45) is 0 Å². The molecule has 3 aromatic rings. The van der Waals surface area contributed by atoms with Gasteiger partial charge >= 0.3 is 12.8 Å². The van der Waals surface area contributed by atoms with Gasteiger partial charge in [-0.05, 0) is 42.7 Å². The summed E-state index contributed by atoms with van der Waals surface area (Å²) in [6.07, 6.45) is -1.43. The van der Waals surface area contributed by atoms with Crippen LogP contribution in [0.15, 0.2) is 35.2 Å². The molecule has 2 aromatic carbocycles. The van der Waals surface area contributed by atoms with Gasteiger partial charge in [0.25, 0.3) is 10.0 Å². The standard InChI is InChI=1S/C30H30F6N4O4S2/c1-17(41)39-46(42,43)27-15-25(44-29(32)33)24(14-22(27)31)37-11-3-6-26-21(16-30(34,35)36)20-4-2-5-23(28(20)45-26)38-18-9-12-40(13-10-18)19-7-8-19/h2,4-5,14-15,18-19,29,37-38H,7-13,16H2,1H3,(H,39,41). The number of rotatable bonds is 10. The normalized spacial score (nSPS) is 16.3. The lowest BCUT2D eigenvalue weighted by Crippen LogP contribution is -2.40. The third kappa shape index (κ3) is 8.37. The van der Waals surface area contributed by atoms with Crippen LogP contribution >= 0.6 is 11.3 Å². The molecule has 0 bridgehead atoms. The molecule has 0 radical (unpaired) electrons. The van der Waals surface area contributed by atoms with Gasteiger partial charge < -0.3 is 20.3 Å². The highest BCUT2D eigenvalue weighted by Gasteiger charge is 2.33. The van der Waals surface area contributed by atoms with E-state index < -0.39 is 51.6 Å². The van der Waals surface area contributed by atoms with E-state index in [9.17, 15) is 39.6 Å². The number of carbonyl (C=O) groups excluding carboxylic acids is 1. The summed E-state index contributed by atoms with van der Waals surface area (Å²) in [5, 5.41) is 6.48. The number of carbonyl (C=O) groups is 1. The van der Waals surface area contributed by atoms with Crippen LogP contribution in [0, 0.1) is 17.7 Å². The summed E-state index contributed by atoms with van der Waals surface area (Å²) >= 11 is 1.11. The molecule has 1 aromatic heterocycles. The highest BCUT2D eigenvalue weighted by Crippen LogP contribution is 2.40. The van der Waals surface area contributed by atoms with Crippen LogP contribution in [0.4, 0.5) is 37.7 Å². The van der Waals surface area contributed by atoms with Crippen molar-refractivity contribution in [1.82, 2.24) is 9.62 Å². The molecule has 0 spiro atoms. The summed E-state index contributed by atoms with van der Waals surface area (Å²) in [6, 6.07) is 7.06. The van der Waals surface area contributed by atoms with Crippen LogP contribution < -0.4 is 20.1 Å². The second-order valence-electron chi connectivity index (χ2n) is 11.0. The van der Waals surface area contributed by atoms with E-state index in [2.05, 4.69) is 32.1 Å². The molecule has 1 amide bonds. The lowest BCUT2D eigenvalue weighted by molar-refractivity contribution is -0.127. The fourth-order valence-electron chi connectivity index (χ4n) is 5.41. The Balaban J connectivity index is 1.38. The average Bonchev–Trinajstić information content (AvgIpc) is 3.74. The molecule has 2 aliphatic rings. The predicted octanol–water partition coefficient (Wildman–Crippen LogP) is 6.07. The Labute approximate surface area is 265 Å². The molecule has 3 N–H and O–H groups in total. The fraction of sp³-hybridized carbons (Fsp3) is 0.433. The fourth-order valence-corrected chi connectivity index (χ4v) is 7.65. The van der Waals surface area contributed by atoms with Crippen molar-refractivity contribution in [3.05, 3.63) is 46.6 Å². The number of ether oxygens (including phenoxy) is 1. The summed E-state index contributed by atoms with van der Waals surface area (Å²) in [7, 11) is -4.73. The molecule has 46 heavy (non-hydrogen) atoms. The van der Waals surface area contributed by atoms with Gasteiger partial charge in [0.1, 0.15) is 10.7 Å². The van der Waals surface area contributed by atoms with E-state index in [-0.39, 0.29) is 28.7 Å². The summed E-state index contributed by atoms with van der Waals surface area (Å²) < 4.78 is 113. The molecule has 1 aliphatic heterocycles. The highest BCUT2D eigenvalue weighted by molar-refractivity contribution is 7.90. The molecule has 2 fully saturated rings. The number of thiophene rings is 1. The van der Waals surface area contributed by atoms with Crippen molar-refractivity contribution in [3.63, 3.8) is 0 Å². The van der Waals surface area contributed by atoms with Crippen LogP contribution in [0.3, 0.4) is 0 Å². The predicted molar refractivity (Wildman–Crippen MR) is 162 cm³/mol. The van der Waals surface area contributed by atoms with Crippen molar-refractivity contribution < 1.29 is 44.3 Å². The number of anilines is 2. The maximum absolute atomic E-state index is 14.7. The van der Waals surface area contributed by atoms with Gasteiger partial charge in [-0.25, -0.2) is 17.5 Å². The number of hydrogen-bond donors (Lipinski definition) is 3. The topological polar surface area (TPSA) is 99.8 Å². The molecule has 2 heterocycles. The van der Waals surface area contributed by atoms with E-state index in [1.54, 1.807) is 12.1 Å². The Kier molecular flexibility index (Phi) is 9.95. The first-order valence-corrected chi connectivity index (χ1v) is 16.7. The third-order valence-electron chi connectivity index (χ3n) is 7.53. The van der Waals surface area contributed by atoms with E-state index in [0.717, 1.165) is 49.9 Å². The van der Waals surface area contributed by atoms with Crippen LogP contribution in [0.25, 0.3) is 10.1 Å². The summed E-state index contributed by atoms with van der Waals surface area (Å²) in [4.78, 5) is 12.7. The molecule has 8 nitrogen and oxygen atoms in total. The minimum atomic E-state index is -4.73. The van der Waals surface area contributed by atoms with E-state index in [1.165, 1.54) is 17.6 Å². The van der Waals surface area contributed by atoms with Crippen molar-refractivity contribution in [3.8, 4) is 17.6 Å². The number of nitrogens with one attached hydrogen (secondary N) is 3. The molecule has 248 valence electrons.